The second kappa shape index (κ2) is 6.39. The Labute approximate surface area is 119 Å². The molecule has 16 heavy (non-hydrogen) atoms. The fraction of sp³-hybridized carbons (Fsp3) is 0.500. The predicted molar refractivity (Wildman–Crippen MR) is 72.9 cm³/mol. The highest BCUT2D eigenvalue weighted by atomic mass is 127. The number of halogens is 2. The monoisotopic (exact) mass is 452 g/mol. The Morgan fingerprint density at radius 2 is 2.31 bits per heavy atom. The van der Waals surface area contributed by atoms with Gasteiger partial charge in [0.15, 0.2) is 10.2 Å². The first-order valence-corrected chi connectivity index (χ1v) is 6.47. The van der Waals surface area contributed by atoms with Crippen LogP contribution < -0.4 is 22.4 Å². The van der Waals surface area contributed by atoms with Crippen LogP contribution in [0.5, 0.6) is 0 Å². The highest BCUT2D eigenvalue weighted by Crippen LogP contribution is 2.22. The molecular weight excluding hydrogens is 442 g/mol. The number of rotatable bonds is 4. The summed E-state index contributed by atoms with van der Waals surface area (Å²) in [5.41, 5.74) is 0.850. The highest BCUT2D eigenvalue weighted by molar-refractivity contribution is 14.1. The molecule has 1 heterocycles. The van der Waals surface area contributed by atoms with Gasteiger partial charge in [0, 0.05) is 12.1 Å². The Morgan fingerprint density at radius 1 is 1.62 bits per heavy atom. The summed E-state index contributed by atoms with van der Waals surface area (Å²) in [6, 6.07) is -0.828. The van der Waals surface area contributed by atoms with E-state index in [2.05, 4.69) is 71.0 Å². The lowest BCUT2D eigenvalue weighted by Gasteiger charge is -2.10. The summed E-state index contributed by atoms with van der Waals surface area (Å²) in [5.74, 6) is 9.03. The van der Waals surface area contributed by atoms with Gasteiger partial charge < -0.3 is 21.3 Å². The van der Waals surface area contributed by atoms with Gasteiger partial charge in [0.05, 0.1) is 3.70 Å². The minimum absolute atomic E-state index is 0.0869. The van der Waals surface area contributed by atoms with Crippen molar-refractivity contribution < 1.29 is 9.63 Å². The van der Waals surface area contributed by atoms with Gasteiger partial charge in [-0.3, -0.25) is 0 Å². The van der Waals surface area contributed by atoms with Crippen LogP contribution in [0, 0.1) is 0 Å². The maximum absolute atomic E-state index is 11.2. The number of hydrogen-bond acceptors (Lipinski definition) is 7. The second-order valence-electron chi connectivity index (χ2n) is 2.83. The summed E-state index contributed by atoms with van der Waals surface area (Å²) in [7, 11) is 0. The molecule has 0 fully saturated rings. The fourth-order valence-electron chi connectivity index (χ4n) is 1.12. The van der Waals surface area contributed by atoms with Crippen molar-refractivity contribution in [2.45, 2.75) is 16.6 Å². The zero-order valence-corrected chi connectivity index (χ0v) is 12.3. The van der Waals surface area contributed by atoms with Crippen LogP contribution >= 0.6 is 45.2 Å². The number of hydrogen-bond donors (Lipinski definition) is 4. The molecule has 1 aliphatic heterocycles. The molecule has 8 nitrogen and oxygen atoms in total. The minimum atomic E-state index is -0.828. The predicted octanol–water partition coefficient (Wildman–Crippen LogP) is 0.00340. The summed E-state index contributed by atoms with van der Waals surface area (Å²) in [4.78, 5) is 15.4. The first-order chi connectivity index (χ1) is 7.58. The van der Waals surface area contributed by atoms with E-state index in [0.717, 1.165) is 9.40 Å². The van der Waals surface area contributed by atoms with Crippen molar-refractivity contribution >= 4 is 51.2 Å². The first kappa shape index (κ1) is 13.7. The van der Waals surface area contributed by atoms with E-state index in [4.69, 9.17) is 11.7 Å². The van der Waals surface area contributed by atoms with E-state index >= 15 is 0 Å². The Balaban J connectivity index is 2.69. The molecule has 0 aromatic rings. The molecule has 0 amide bonds. The molecule has 1 unspecified atom stereocenters. The van der Waals surface area contributed by atoms with Crippen LogP contribution in [0.25, 0.3) is 0 Å². The number of nitrogens with two attached hydrogens (primary N) is 2. The summed E-state index contributed by atoms with van der Waals surface area (Å²) in [6.07, 6.45) is 0.307. The van der Waals surface area contributed by atoms with Crippen molar-refractivity contribution in [2.75, 3.05) is 0 Å². The van der Waals surface area contributed by atoms with Crippen molar-refractivity contribution in [2.24, 2.45) is 22.1 Å². The number of alkyl halides is 1. The maximum Gasteiger partial charge on any atom is 0.351 e. The minimum Gasteiger partial charge on any atom is -0.372 e. The van der Waals surface area contributed by atoms with Gasteiger partial charge >= 0.3 is 5.97 Å². The normalized spacial score (nSPS) is 21.8. The van der Waals surface area contributed by atoms with Crippen LogP contribution in [-0.2, 0) is 9.63 Å². The van der Waals surface area contributed by atoms with E-state index in [1.54, 1.807) is 0 Å². The lowest BCUT2D eigenvalue weighted by atomic mass is 10.2. The largest absolute Gasteiger partial charge is 0.372 e. The number of nitrogens with zero attached hydrogens (tertiary/aromatic N) is 2. The Morgan fingerprint density at radius 3 is 2.75 bits per heavy atom. The van der Waals surface area contributed by atoms with Gasteiger partial charge in [-0.25, -0.2) is 4.79 Å². The lowest BCUT2D eigenvalue weighted by molar-refractivity contribution is -0.145. The lowest BCUT2D eigenvalue weighted by Crippen LogP contribution is -2.29. The van der Waals surface area contributed by atoms with Gasteiger partial charge in [0.1, 0.15) is 0 Å². The molecule has 2 atom stereocenters. The Bertz CT molecular complexity index is 333. The van der Waals surface area contributed by atoms with Gasteiger partial charge in [-0.05, 0) is 45.2 Å². The highest BCUT2D eigenvalue weighted by Gasteiger charge is 2.26. The topological polar surface area (TPSA) is 127 Å². The Hall–Kier alpha value is -0.370. The maximum atomic E-state index is 11.2. The van der Waals surface area contributed by atoms with Crippen LogP contribution in [0.4, 0.5) is 0 Å². The molecule has 10 heteroatoms. The molecule has 6 N–H and O–H groups in total. The molecule has 0 bridgehead atoms. The van der Waals surface area contributed by atoms with Crippen molar-refractivity contribution in [3.05, 3.63) is 9.40 Å². The molecule has 0 aromatic heterocycles. The average molecular weight is 452 g/mol. The van der Waals surface area contributed by atoms with Crippen LogP contribution in [0.1, 0.15) is 6.42 Å². The van der Waals surface area contributed by atoms with E-state index in [0.29, 0.717) is 6.42 Å². The molecule has 0 saturated heterocycles. The fourth-order valence-corrected chi connectivity index (χ4v) is 3.09. The summed E-state index contributed by atoms with van der Waals surface area (Å²) in [5, 5.41) is 12.9. The summed E-state index contributed by atoms with van der Waals surface area (Å²) < 4.78 is 1.00. The molecule has 0 aromatic carbocycles. The molecule has 0 radical (unpaired) electrons. The molecule has 1 rings (SSSR count). The molecule has 1 aliphatic rings. The van der Waals surface area contributed by atoms with Crippen molar-refractivity contribution in [1.82, 2.24) is 10.6 Å². The standard InChI is InChI=1S/C6H10I2N6O2/c7-4-2(11-6(8)12-4)1-3(13-14-9)5(15)16-10/h3,6,11-12H,1,10H2,(H2,9,13)/t3-,6?/m0/s1. The molecule has 0 spiro atoms. The smallest absolute Gasteiger partial charge is 0.351 e. The molecule has 0 aliphatic carbocycles. The number of carbonyl (C=O) groups is 1. The van der Waals surface area contributed by atoms with Gasteiger partial charge in [-0.2, -0.15) is 11.0 Å². The van der Waals surface area contributed by atoms with Crippen molar-refractivity contribution in [1.29, 1.82) is 0 Å². The number of nitrogens with one attached hydrogen (secondary N) is 2. The van der Waals surface area contributed by atoms with Crippen molar-refractivity contribution in [3.63, 3.8) is 0 Å². The SMILES string of the molecule is NN=N[C@@H](CC1=C(I)NC(I)N1)C(=O)ON. The van der Waals surface area contributed by atoms with Crippen LogP contribution in [0.2, 0.25) is 0 Å². The summed E-state index contributed by atoms with van der Waals surface area (Å²) in [6.45, 7) is 0. The van der Waals surface area contributed by atoms with Crippen LogP contribution in [0.3, 0.4) is 0 Å². The average Bonchev–Trinajstić information content (AvgIpc) is 2.55. The first-order valence-electron chi connectivity index (χ1n) is 4.15. The molecular formula is C6H10I2N6O2. The number of carbonyl (C=O) groups excluding carboxylic acids is 1. The zero-order valence-electron chi connectivity index (χ0n) is 7.98. The van der Waals surface area contributed by atoms with E-state index in [9.17, 15) is 4.79 Å². The van der Waals surface area contributed by atoms with Gasteiger partial charge in [0.25, 0.3) is 0 Å². The van der Waals surface area contributed by atoms with E-state index in [-0.39, 0.29) is 4.17 Å². The Kier molecular flexibility index (Phi) is 5.47. The van der Waals surface area contributed by atoms with Crippen LogP contribution in [0.15, 0.2) is 19.7 Å². The van der Waals surface area contributed by atoms with Gasteiger partial charge in [-0.15, -0.1) is 0 Å². The van der Waals surface area contributed by atoms with Gasteiger partial charge in [-0.1, -0.05) is 5.22 Å². The second-order valence-corrected chi connectivity index (χ2v) is 5.16. The quantitative estimate of drug-likeness (QED) is 0.119. The summed E-state index contributed by atoms with van der Waals surface area (Å²) >= 11 is 4.29. The molecule has 90 valence electrons. The van der Waals surface area contributed by atoms with E-state index < -0.39 is 12.0 Å². The van der Waals surface area contributed by atoms with E-state index in [1.165, 1.54) is 0 Å². The van der Waals surface area contributed by atoms with E-state index in [1.807, 2.05) is 0 Å². The third kappa shape index (κ3) is 3.58. The molecule has 0 saturated carbocycles. The van der Waals surface area contributed by atoms with Crippen molar-refractivity contribution in [3.8, 4) is 0 Å². The zero-order chi connectivity index (χ0) is 12.1. The third-order valence-corrected chi connectivity index (χ3v) is 3.40. The van der Waals surface area contributed by atoms with Crippen LogP contribution in [-0.4, -0.2) is 16.2 Å². The van der Waals surface area contributed by atoms with Gasteiger partial charge in [0.2, 0.25) is 0 Å². The third-order valence-electron chi connectivity index (χ3n) is 1.81.